The van der Waals surface area contributed by atoms with E-state index in [1.54, 1.807) is 24.3 Å². The second kappa shape index (κ2) is 8.08. The number of carbonyl (C=O) groups is 2. The Morgan fingerprint density at radius 1 is 1.08 bits per heavy atom. The van der Waals surface area contributed by atoms with E-state index in [0.29, 0.717) is 18.0 Å². The molecular weight excluding hydrogens is 312 g/mol. The molecule has 1 amide bonds. The molecule has 1 fully saturated rings. The van der Waals surface area contributed by atoms with E-state index < -0.39 is 0 Å². The van der Waals surface area contributed by atoms with Crippen LogP contribution in [0.1, 0.15) is 48.1 Å². The lowest BCUT2D eigenvalue weighted by atomic mass is 10.0. The van der Waals surface area contributed by atoms with Crippen LogP contribution in [0.25, 0.3) is 0 Å². The Morgan fingerprint density at radius 3 is 2.48 bits per heavy atom. The van der Waals surface area contributed by atoms with Gasteiger partial charge in [-0.25, -0.2) is 0 Å². The smallest absolute Gasteiger partial charge is 0.225 e. The molecule has 4 nitrogen and oxygen atoms in total. The van der Waals surface area contributed by atoms with Gasteiger partial charge in [0.05, 0.1) is 0 Å². The Morgan fingerprint density at radius 2 is 1.80 bits per heavy atom. The van der Waals surface area contributed by atoms with Gasteiger partial charge >= 0.3 is 0 Å². The first-order chi connectivity index (χ1) is 12.1. The van der Waals surface area contributed by atoms with E-state index in [9.17, 15) is 9.59 Å². The molecule has 1 heterocycles. The SMILES string of the molecule is CC(=O)c1ccc(NC(=O)CCN2CCCC2c2ccccc2)cc1. The number of nitrogens with zero attached hydrogens (tertiary/aromatic N) is 1. The van der Waals surface area contributed by atoms with E-state index >= 15 is 0 Å². The molecule has 0 aromatic heterocycles. The van der Waals surface area contributed by atoms with E-state index in [2.05, 4.69) is 34.5 Å². The number of carbonyl (C=O) groups excluding carboxylic acids is 2. The molecule has 2 aromatic carbocycles. The van der Waals surface area contributed by atoms with Crippen LogP contribution >= 0.6 is 0 Å². The molecule has 1 aliphatic heterocycles. The lowest BCUT2D eigenvalue weighted by molar-refractivity contribution is -0.116. The Bertz CT molecular complexity index is 725. The predicted molar refractivity (Wildman–Crippen MR) is 99.7 cm³/mol. The Hall–Kier alpha value is -2.46. The van der Waals surface area contributed by atoms with Gasteiger partial charge in [0, 0.05) is 30.3 Å². The summed E-state index contributed by atoms with van der Waals surface area (Å²) in [4.78, 5) is 25.9. The maximum atomic E-state index is 12.2. The standard InChI is InChI=1S/C21H24N2O2/c1-16(24)17-9-11-19(12-10-17)22-21(25)13-15-23-14-5-8-20(23)18-6-3-2-4-7-18/h2-4,6-7,9-12,20H,5,8,13-15H2,1H3,(H,22,25). The molecule has 1 saturated heterocycles. The quantitative estimate of drug-likeness (QED) is 0.810. The molecule has 1 unspecified atom stereocenters. The van der Waals surface area contributed by atoms with Crippen molar-refractivity contribution in [2.75, 3.05) is 18.4 Å². The van der Waals surface area contributed by atoms with E-state index in [1.807, 2.05) is 6.07 Å². The van der Waals surface area contributed by atoms with Gasteiger partial charge < -0.3 is 5.32 Å². The number of amides is 1. The number of anilines is 1. The normalized spacial score (nSPS) is 17.4. The van der Waals surface area contributed by atoms with Gasteiger partial charge in [-0.3, -0.25) is 14.5 Å². The van der Waals surface area contributed by atoms with Crippen molar-refractivity contribution in [1.29, 1.82) is 0 Å². The molecule has 1 aliphatic rings. The van der Waals surface area contributed by atoms with Crippen molar-refractivity contribution in [2.45, 2.75) is 32.2 Å². The fraction of sp³-hybridized carbons (Fsp3) is 0.333. The molecule has 1 N–H and O–H groups in total. The average molecular weight is 336 g/mol. The van der Waals surface area contributed by atoms with Crippen molar-refractivity contribution in [3.05, 3.63) is 65.7 Å². The molecular formula is C21H24N2O2. The molecule has 2 aromatic rings. The van der Waals surface area contributed by atoms with Crippen LogP contribution in [0, 0.1) is 0 Å². The fourth-order valence-electron chi connectivity index (χ4n) is 3.40. The molecule has 3 rings (SSSR count). The minimum atomic E-state index is 0.00860. The van der Waals surface area contributed by atoms with Crippen molar-refractivity contribution in [3.8, 4) is 0 Å². The molecule has 0 aliphatic carbocycles. The zero-order chi connectivity index (χ0) is 17.6. The van der Waals surface area contributed by atoms with Crippen molar-refractivity contribution >= 4 is 17.4 Å². The molecule has 0 radical (unpaired) electrons. The summed E-state index contributed by atoms with van der Waals surface area (Å²) in [6.45, 7) is 3.34. The number of hydrogen-bond acceptors (Lipinski definition) is 3. The highest BCUT2D eigenvalue weighted by Crippen LogP contribution is 2.31. The van der Waals surface area contributed by atoms with Crippen molar-refractivity contribution in [3.63, 3.8) is 0 Å². The van der Waals surface area contributed by atoms with Gasteiger partial charge in [-0.2, -0.15) is 0 Å². The van der Waals surface area contributed by atoms with Gasteiger partial charge in [-0.05, 0) is 56.1 Å². The first-order valence-corrected chi connectivity index (χ1v) is 8.83. The second-order valence-electron chi connectivity index (χ2n) is 6.54. The van der Waals surface area contributed by atoms with Gasteiger partial charge in [0.25, 0.3) is 0 Å². The molecule has 0 spiro atoms. The third-order valence-electron chi connectivity index (χ3n) is 4.75. The second-order valence-corrected chi connectivity index (χ2v) is 6.54. The number of ketones is 1. The summed E-state index contributed by atoms with van der Waals surface area (Å²) >= 11 is 0. The highest BCUT2D eigenvalue weighted by molar-refractivity contribution is 5.95. The molecule has 0 bridgehead atoms. The summed E-state index contributed by atoms with van der Waals surface area (Å²) in [6, 6.07) is 18.0. The van der Waals surface area contributed by atoms with Crippen molar-refractivity contribution in [2.24, 2.45) is 0 Å². The maximum absolute atomic E-state index is 12.2. The maximum Gasteiger partial charge on any atom is 0.225 e. The largest absolute Gasteiger partial charge is 0.326 e. The zero-order valence-corrected chi connectivity index (χ0v) is 14.6. The Balaban J connectivity index is 1.52. The molecule has 1 atom stereocenters. The number of rotatable bonds is 6. The van der Waals surface area contributed by atoms with Crippen LogP contribution < -0.4 is 5.32 Å². The van der Waals surface area contributed by atoms with Crippen molar-refractivity contribution < 1.29 is 9.59 Å². The van der Waals surface area contributed by atoms with Crippen LogP contribution in [0.5, 0.6) is 0 Å². The number of nitrogens with one attached hydrogen (secondary N) is 1. The molecule has 130 valence electrons. The summed E-state index contributed by atoms with van der Waals surface area (Å²) in [7, 11) is 0. The molecule has 4 heteroatoms. The van der Waals surface area contributed by atoms with Gasteiger partial charge in [0.1, 0.15) is 0 Å². The van der Waals surface area contributed by atoms with Crippen LogP contribution in [0.15, 0.2) is 54.6 Å². The lowest BCUT2D eigenvalue weighted by Gasteiger charge is -2.24. The number of Topliss-reactive ketones (excluding diaryl/α,β-unsaturated/α-hetero) is 1. The summed E-state index contributed by atoms with van der Waals surface area (Å²) in [6.07, 6.45) is 2.80. The Kier molecular flexibility index (Phi) is 5.61. The minimum Gasteiger partial charge on any atom is -0.326 e. The first-order valence-electron chi connectivity index (χ1n) is 8.83. The van der Waals surface area contributed by atoms with E-state index in [4.69, 9.17) is 0 Å². The van der Waals surface area contributed by atoms with Gasteiger partial charge in [-0.1, -0.05) is 30.3 Å². The number of hydrogen-bond donors (Lipinski definition) is 1. The van der Waals surface area contributed by atoms with Gasteiger partial charge in [0.15, 0.2) is 5.78 Å². The molecule has 0 saturated carbocycles. The first kappa shape index (κ1) is 17.4. The van der Waals surface area contributed by atoms with Crippen LogP contribution in [-0.2, 0) is 4.79 Å². The minimum absolute atomic E-state index is 0.00860. The monoisotopic (exact) mass is 336 g/mol. The summed E-state index contributed by atoms with van der Waals surface area (Å²) in [5.41, 5.74) is 2.72. The summed E-state index contributed by atoms with van der Waals surface area (Å²) in [5.74, 6) is 0.0353. The van der Waals surface area contributed by atoms with Crippen molar-refractivity contribution in [1.82, 2.24) is 4.90 Å². The van der Waals surface area contributed by atoms with E-state index in [-0.39, 0.29) is 11.7 Å². The summed E-state index contributed by atoms with van der Waals surface area (Å²) in [5, 5.41) is 2.91. The predicted octanol–water partition coefficient (Wildman–Crippen LogP) is 4.05. The third-order valence-corrected chi connectivity index (χ3v) is 4.75. The van der Waals surface area contributed by atoms with Crippen LogP contribution in [0.4, 0.5) is 5.69 Å². The van der Waals surface area contributed by atoms with Crippen LogP contribution in [-0.4, -0.2) is 29.7 Å². The zero-order valence-electron chi connectivity index (χ0n) is 14.6. The van der Waals surface area contributed by atoms with Crippen LogP contribution in [0.2, 0.25) is 0 Å². The van der Waals surface area contributed by atoms with Crippen LogP contribution in [0.3, 0.4) is 0 Å². The van der Waals surface area contributed by atoms with E-state index in [1.165, 1.54) is 18.9 Å². The highest BCUT2D eigenvalue weighted by Gasteiger charge is 2.25. The molecule has 25 heavy (non-hydrogen) atoms. The lowest BCUT2D eigenvalue weighted by Crippen LogP contribution is -2.27. The summed E-state index contributed by atoms with van der Waals surface area (Å²) < 4.78 is 0. The Labute approximate surface area is 148 Å². The fourth-order valence-corrected chi connectivity index (χ4v) is 3.40. The van der Waals surface area contributed by atoms with Gasteiger partial charge in [-0.15, -0.1) is 0 Å². The average Bonchev–Trinajstić information content (AvgIpc) is 3.10. The van der Waals surface area contributed by atoms with E-state index in [0.717, 1.165) is 25.2 Å². The number of likely N-dealkylation sites (tertiary alicyclic amines) is 1. The third kappa shape index (κ3) is 4.54. The topological polar surface area (TPSA) is 49.4 Å². The highest BCUT2D eigenvalue weighted by atomic mass is 16.1. The van der Waals surface area contributed by atoms with Gasteiger partial charge in [0.2, 0.25) is 5.91 Å². The number of benzene rings is 2.